The van der Waals surface area contributed by atoms with E-state index < -0.39 is 0 Å². The van der Waals surface area contributed by atoms with E-state index in [-0.39, 0.29) is 175 Å². The topological polar surface area (TPSA) is 0 Å². The van der Waals surface area contributed by atoms with E-state index in [2.05, 4.69) is 0 Å². The summed E-state index contributed by atoms with van der Waals surface area (Å²) in [6.07, 6.45) is 0. The summed E-state index contributed by atoms with van der Waals surface area (Å²) in [5, 5.41) is 0. The average molecular weight is 130 g/mol. The fourth-order valence-electron chi connectivity index (χ4n) is 0. The van der Waals surface area contributed by atoms with E-state index in [1.165, 1.54) is 0 Å². The summed E-state index contributed by atoms with van der Waals surface area (Å²) < 4.78 is 0. The van der Waals surface area contributed by atoms with Crippen LogP contribution in [0.2, 0.25) is 0 Å². The Bertz CT molecular complexity index is 10.8. The maximum atomic E-state index is 0. The van der Waals surface area contributed by atoms with Gasteiger partial charge in [-0.2, -0.15) is 0 Å². The molecule has 0 heterocycles. The van der Waals surface area contributed by atoms with Crippen LogP contribution in [0.25, 0.3) is 0 Å². The summed E-state index contributed by atoms with van der Waals surface area (Å²) in [5.41, 5.74) is 0. The van der Waals surface area contributed by atoms with Gasteiger partial charge in [0.05, 0.1) is 0 Å². The van der Waals surface area contributed by atoms with Crippen LogP contribution < -0.4 is 0 Å². The third-order valence-corrected chi connectivity index (χ3v) is 0. The second kappa shape index (κ2) is 31.0. The normalized spacial score (nSPS) is 0. The fraction of sp³-hybridized carbons (Fsp3) is 0. The van der Waals surface area contributed by atoms with E-state index in [0.717, 1.165) is 0 Å². The first kappa shape index (κ1) is 41.3. The molecule has 6 heteroatoms. The van der Waals surface area contributed by atoms with Gasteiger partial charge in [0.25, 0.3) is 0 Å². The molecular weight excluding hydrogens is 123 g/mol. The third-order valence-electron chi connectivity index (χ3n) is 0. The minimum atomic E-state index is 0. The predicted octanol–water partition coefficient (Wildman–Crippen LogP) is -4.16. The Labute approximate surface area is 170 Å². The summed E-state index contributed by atoms with van der Waals surface area (Å²) >= 11 is 0. The van der Waals surface area contributed by atoms with Gasteiger partial charge in [-0.15, -0.1) is 0 Å². The molecule has 0 aromatic carbocycles. The van der Waals surface area contributed by atoms with Crippen molar-refractivity contribution in [1.29, 1.82) is 0 Å². The van der Waals surface area contributed by atoms with Crippen molar-refractivity contribution >= 4 is 175 Å². The Kier molecular flexibility index (Phi) is 213. The van der Waals surface area contributed by atoms with Crippen LogP contribution in [-0.4, -0.2) is 175 Å². The van der Waals surface area contributed by atoms with Crippen molar-refractivity contribution in [1.82, 2.24) is 0 Å². The number of hydrogen-bond donors (Lipinski definition) is 0. The third kappa shape index (κ3) is 22.6. The molecule has 0 spiro atoms. The van der Waals surface area contributed by atoms with Gasteiger partial charge in [0.15, 0.2) is 0 Å². The summed E-state index contributed by atoms with van der Waals surface area (Å²) in [6.45, 7) is 0. The molecule has 14 valence electrons. The van der Waals surface area contributed by atoms with Gasteiger partial charge in [0, 0.05) is 0 Å². The van der Waals surface area contributed by atoms with Crippen LogP contribution in [-0.2, 0) is 0 Å². The summed E-state index contributed by atoms with van der Waals surface area (Å²) in [4.78, 5) is 0. The second-order valence-corrected chi connectivity index (χ2v) is 0. The van der Waals surface area contributed by atoms with Crippen molar-refractivity contribution in [2.75, 3.05) is 0 Å². The molecule has 0 amide bonds. The molecule has 0 saturated carbocycles. The second-order valence-electron chi connectivity index (χ2n) is 0. The molecule has 6 heavy (non-hydrogen) atoms. The quantitative estimate of drug-likeness (QED) is 0.292. The fourth-order valence-corrected chi connectivity index (χ4v) is 0. The predicted molar refractivity (Wildman–Crippen MR) is 44.3 cm³/mol. The first-order chi connectivity index (χ1) is 0. The SMILES string of the molecule is [CaH2].[KH].[LiH].[LiH].[LiH].[NaH]. The monoisotopic (exact) mass is 130 g/mol. The van der Waals surface area contributed by atoms with Gasteiger partial charge < -0.3 is 0 Å². The molecule has 0 aromatic rings. The van der Waals surface area contributed by atoms with Crippen LogP contribution >= 0.6 is 0 Å². The van der Waals surface area contributed by atoms with Crippen LogP contribution in [0.5, 0.6) is 0 Å². The van der Waals surface area contributed by atoms with Gasteiger partial charge in [0.2, 0.25) is 0 Å². The maximum absolute atomic E-state index is 0. The van der Waals surface area contributed by atoms with E-state index in [9.17, 15) is 0 Å². The molecule has 0 rings (SSSR count). The average Bonchev–Trinajstić information content (AvgIpc) is 0. The molecule has 0 radical (unpaired) electrons. The molecule has 0 unspecified atom stereocenters. The van der Waals surface area contributed by atoms with Crippen molar-refractivity contribution in [3.05, 3.63) is 0 Å². The molecular formula is H7CaKLi3Na. The van der Waals surface area contributed by atoms with Crippen LogP contribution in [0, 0.1) is 0 Å². The first-order valence-corrected chi connectivity index (χ1v) is 0. The van der Waals surface area contributed by atoms with Crippen molar-refractivity contribution in [2.45, 2.75) is 0 Å². The van der Waals surface area contributed by atoms with Crippen molar-refractivity contribution < 1.29 is 0 Å². The summed E-state index contributed by atoms with van der Waals surface area (Å²) in [5.74, 6) is 0. The molecule has 0 N–H and O–H groups in total. The summed E-state index contributed by atoms with van der Waals surface area (Å²) in [6, 6.07) is 0. The number of hydrogen-bond acceptors (Lipinski definition) is 0. The Morgan fingerprint density at radius 1 is 0.667 bits per heavy atom. The molecule has 0 aliphatic heterocycles. The Hall–Kier alpha value is 5.69. The van der Waals surface area contributed by atoms with Gasteiger partial charge in [-0.25, -0.2) is 0 Å². The van der Waals surface area contributed by atoms with Crippen molar-refractivity contribution in [3.63, 3.8) is 0 Å². The van der Waals surface area contributed by atoms with Crippen LogP contribution in [0.15, 0.2) is 0 Å². The van der Waals surface area contributed by atoms with E-state index in [1.807, 2.05) is 0 Å². The van der Waals surface area contributed by atoms with Crippen LogP contribution in [0.4, 0.5) is 0 Å². The molecule has 0 aromatic heterocycles. The zero-order chi connectivity index (χ0) is 0. The standard InChI is InChI=1S/Ca.K.3Li.Na.7H. The van der Waals surface area contributed by atoms with Gasteiger partial charge in [-0.1, -0.05) is 0 Å². The molecule has 0 bridgehead atoms. The van der Waals surface area contributed by atoms with E-state index in [0.29, 0.717) is 0 Å². The Morgan fingerprint density at radius 2 is 0.667 bits per heavy atom. The van der Waals surface area contributed by atoms with Gasteiger partial charge in [-0.05, 0) is 0 Å². The van der Waals surface area contributed by atoms with Crippen LogP contribution in [0.1, 0.15) is 0 Å². The molecule has 0 nitrogen and oxygen atoms in total. The van der Waals surface area contributed by atoms with E-state index >= 15 is 0 Å². The molecule has 0 atom stereocenters. The summed E-state index contributed by atoms with van der Waals surface area (Å²) in [7, 11) is 0. The van der Waals surface area contributed by atoms with Crippen molar-refractivity contribution in [3.8, 4) is 0 Å². The zero-order valence-electron chi connectivity index (χ0n) is 0. The Morgan fingerprint density at radius 3 is 0.667 bits per heavy atom. The minimum absolute atomic E-state index is 0. The van der Waals surface area contributed by atoms with Gasteiger partial charge in [0.1, 0.15) is 0 Å². The van der Waals surface area contributed by atoms with Crippen LogP contribution in [0.3, 0.4) is 0 Å². The number of rotatable bonds is 0. The van der Waals surface area contributed by atoms with Crippen molar-refractivity contribution in [2.24, 2.45) is 0 Å². The van der Waals surface area contributed by atoms with E-state index in [4.69, 9.17) is 0 Å². The first-order valence-electron chi connectivity index (χ1n) is 0. The zero-order valence-corrected chi connectivity index (χ0v) is 0. The molecule has 0 aliphatic rings. The van der Waals surface area contributed by atoms with Gasteiger partial charge in [-0.3, -0.25) is 0 Å². The van der Waals surface area contributed by atoms with E-state index in [1.54, 1.807) is 0 Å². The Balaban J connectivity index is 0. The molecule has 0 saturated heterocycles. The van der Waals surface area contributed by atoms with Gasteiger partial charge >= 0.3 is 175 Å². The molecule has 0 fully saturated rings. The molecule has 0 aliphatic carbocycles.